The zero-order valence-electron chi connectivity index (χ0n) is 10.3. The summed E-state index contributed by atoms with van der Waals surface area (Å²) in [4.78, 5) is 8.16. The average molecular weight is 259 g/mol. The van der Waals surface area contributed by atoms with E-state index >= 15 is 0 Å². The minimum Gasteiger partial charge on any atom is -0.312 e. The van der Waals surface area contributed by atoms with Gasteiger partial charge in [-0.15, -0.1) is 0 Å². The van der Waals surface area contributed by atoms with Crippen molar-refractivity contribution >= 4 is 0 Å². The average Bonchev–Trinajstić information content (AvgIpc) is 2.27. The number of aromatic nitrogens is 2. The Kier molecular flexibility index (Phi) is 3.85. The van der Waals surface area contributed by atoms with Gasteiger partial charge in [-0.2, -0.15) is 13.2 Å². The van der Waals surface area contributed by atoms with E-state index in [4.69, 9.17) is 0 Å². The van der Waals surface area contributed by atoms with Gasteiger partial charge < -0.3 is 5.32 Å². The lowest BCUT2D eigenvalue weighted by atomic mass is 10.0. The number of rotatable bonds is 3. The standard InChI is InChI=1S/C12H16F3N3/c1-2-3-9-8-7-16-5-4-10(8)18-11(17-9)6-12(13,14)15/h16H,2-7H2,1H3. The summed E-state index contributed by atoms with van der Waals surface area (Å²) in [5.41, 5.74) is 2.55. The van der Waals surface area contributed by atoms with Gasteiger partial charge >= 0.3 is 6.18 Å². The Balaban J connectivity index is 2.35. The number of nitrogens with zero attached hydrogens (tertiary/aromatic N) is 2. The zero-order valence-corrected chi connectivity index (χ0v) is 10.3. The first-order valence-electron chi connectivity index (χ1n) is 6.14. The maximum Gasteiger partial charge on any atom is 0.396 e. The third-order valence-electron chi connectivity index (χ3n) is 2.91. The Morgan fingerprint density at radius 2 is 2.06 bits per heavy atom. The second-order valence-corrected chi connectivity index (χ2v) is 4.48. The van der Waals surface area contributed by atoms with Crippen molar-refractivity contribution in [3.63, 3.8) is 0 Å². The van der Waals surface area contributed by atoms with Crippen LogP contribution < -0.4 is 5.32 Å². The van der Waals surface area contributed by atoms with Crippen LogP contribution in [0.15, 0.2) is 0 Å². The minimum absolute atomic E-state index is 0.0911. The van der Waals surface area contributed by atoms with E-state index in [0.29, 0.717) is 19.4 Å². The van der Waals surface area contributed by atoms with E-state index in [1.165, 1.54) is 0 Å². The van der Waals surface area contributed by atoms with Gasteiger partial charge in [-0.05, 0) is 6.42 Å². The van der Waals surface area contributed by atoms with Gasteiger partial charge in [0.05, 0.1) is 5.69 Å². The highest BCUT2D eigenvalue weighted by molar-refractivity contribution is 5.28. The Morgan fingerprint density at radius 3 is 2.72 bits per heavy atom. The number of nitrogens with one attached hydrogen (secondary N) is 1. The molecule has 0 unspecified atom stereocenters. The molecule has 0 saturated heterocycles. The van der Waals surface area contributed by atoms with E-state index in [9.17, 15) is 13.2 Å². The fraction of sp³-hybridized carbons (Fsp3) is 0.667. The van der Waals surface area contributed by atoms with Crippen LogP contribution in [0, 0.1) is 0 Å². The predicted octanol–water partition coefficient (Wildman–Crippen LogP) is 2.18. The van der Waals surface area contributed by atoms with Crippen LogP contribution in [0.4, 0.5) is 13.2 Å². The van der Waals surface area contributed by atoms with E-state index in [-0.39, 0.29) is 5.82 Å². The minimum atomic E-state index is -4.25. The van der Waals surface area contributed by atoms with Crippen LogP contribution in [0.5, 0.6) is 0 Å². The molecule has 0 fully saturated rings. The Morgan fingerprint density at radius 1 is 1.28 bits per heavy atom. The first-order valence-corrected chi connectivity index (χ1v) is 6.14. The Hall–Kier alpha value is -1.17. The maximum absolute atomic E-state index is 12.4. The van der Waals surface area contributed by atoms with Crippen molar-refractivity contribution in [1.29, 1.82) is 0 Å². The zero-order chi connectivity index (χ0) is 13.2. The summed E-state index contributed by atoms with van der Waals surface area (Å²) >= 11 is 0. The lowest BCUT2D eigenvalue weighted by molar-refractivity contribution is -0.128. The van der Waals surface area contributed by atoms with E-state index in [1.807, 2.05) is 6.92 Å². The molecule has 2 rings (SSSR count). The molecule has 6 heteroatoms. The van der Waals surface area contributed by atoms with E-state index in [1.54, 1.807) is 0 Å². The van der Waals surface area contributed by atoms with Crippen molar-refractivity contribution in [1.82, 2.24) is 15.3 Å². The molecule has 1 aliphatic rings. The van der Waals surface area contributed by atoms with Gasteiger partial charge in [0.25, 0.3) is 0 Å². The first kappa shape index (κ1) is 13.3. The Bertz CT molecular complexity index is 429. The second kappa shape index (κ2) is 5.22. The van der Waals surface area contributed by atoms with Crippen molar-refractivity contribution in [2.45, 2.75) is 45.3 Å². The number of alkyl halides is 3. The lowest BCUT2D eigenvalue weighted by Crippen LogP contribution is -2.28. The fourth-order valence-electron chi connectivity index (χ4n) is 2.17. The quantitative estimate of drug-likeness (QED) is 0.904. The molecule has 18 heavy (non-hydrogen) atoms. The van der Waals surface area contributed by atoms with Crippen LogP contribution in [-0.4, -0.2) is 22.7 Å². The number of fused-ring (bicyclic) bond motifs is 1. The molecule has 1 aromatic rings. The van der Waals surface area contributed by atoms with Gasteiger partial charge in [-0.3, -0.25) is 0 Å². The number of aryl methyl sites for hydroxylation is 1. The van der Waals surface area contributed by atoms with Crippen molar-refractivity contribution in [2.75, 3.05) is 6.54 Å². The number of halogens is 3. The fourth-order valence-corrected chi connectivity index (χ4v) is 2.17. The molecule has 1 aliphatic heterocycles. The molecular formula is C12H16F3N3. The third kappa shape index (κ3) is 3.19. The van der Waals surface area contributed by atoms with Crippen molar-refractivity contribution < 1.29 is 13.2 Å². The maximum atomic E-state index is 12.4. The molecule has 0 aliphatic carbocycles. The molecule has 2 heterocycles. The van der Waals surface area contributed by atoms with Gasteiger partial charge in [0, 0.05) is 30.8 Å². The summed E-state index contributed by atoms with van der Waals surface area (Å²) in [6, 6.07) is 0. The molecule has 3 nitrogen and oxygen atoms in total. The van der Waals surface area contributed by atoms with Crippen LogP contribution in [0.3, 0.4) is 0 Å². The van der Waals surface area contributed by atoms with Gasteiger partial charge in [0.15, 0.2) is 0 Å². The van der Waals surface area contributed by atoms with Crippen LogP contribution in [0.2, 0.25) is 0 Å². The molecule has 0 aromatic carbocycles. The summed E-state index contributed by atoms with van der Waals surface area (Å²) in [5.74, 6) is -0.0911. The highest BCUT2D eigenvalue weighted by Gasteiger charge is 2.30. The molecule has 0 spiro atoms. The van der Waals surface area contributed by atoms with Crippen LogP contribution in [0.25, 0.3) is 0 Å². The monoisotopic (exact) mass is 259 g/mol. The molecule has 0 atom stereocenters. The molecule has 1 aromatic heterocycles. The van der Waals surface area contributed by atoms with Gasteiger partial charge in [0.2, 0.25) is 0 Å². The molecule has 0 saturated carbocycles. The summed E-state index contributed by atoms with van der Waals surface area (Å²) in [7, 11) is 0. The highest BCUT2D eigenvalue weighted by Crippen LogP contribution is 2.22. The molecule has 1 N–H and O–H groups in total. The summed E-state index contributed by atoms with van der Waals surface area (Å²) in [5, 5.41) is 3.21. The number of hydrogen-bond donors (Lipinski definition) is 1. The molecular weight excluding hydrogens is 243 g/mol. The van der Waals surface area contributed by atoms with Crippen molar-refractivity contribution in [3.8, 4) is 0 Å². The Labute approximate surface area is 104 Å². The molecule has 100 valence electrons. The summed E-state index contributed by atoms with van der Waals surface area (Å²) in [6.07, 6.45) is -3.03. The van der Waals surface area contributed by atoms with E-state index < -0.39 is 12.6 Å². The van der Waals surface area contributed by atoms with E-state index in [2.05, 4.69) is 15.3 Å². The SMILES string of the molecule is CCCc1nc(CC(F)(F)F)nc2c1CNCC2. The smallest absolute Gasteiger partial charge is 0.312 e. The van der Waals surface area contributed by atoms with Gasteiger partial charge in [-0.25, -0.2) is 9.97 Å². The topological polar surface area (TPSA) is 37.8 Å². The molecule has 0 bridgehead atoms. The molecule has 0 amide bonds. The number of hydrogen-bond acceptors (Lipinski definition) is 3. The largest absolute Gasteiger partial charge is 0.396 e. The second-order valence-electron chi connectivity index (χ2n) is 4.48. The van der Waals surface area contributed by atoms with Crippen LogP contribution in [0.1, 0.15) is 36.1 Å². The highest BCUT2D eigenvalue weighted by atomic mass is 19.4. The van der Waals surface area contributed by atoms with Crippen molar-refractivity contribution in [3.05, 3.63) is 22.8 Å². The normalized spacial score (nSPS) is 15.6. The van der Waals surface area contributed by atoms with Crippen LogP contribution >= 0.6 is 0 Å². The summed E-state index contributed by atoms with van der Waals surface area (Å²) in [6.45, 7) is 3.42. The summed E-state index contributed by atoms with van der Waals surface area (Å²) < 4.78 is 37.2. The first-order chi connectivity index (χ1) is 8.49. The van der Waals surface area contributed by atoms with Crippen molar-refractivity contribution in [2.24, 2.45) is 0 Å². The van der Waals surface area contributed by atoms with Gasteiger partial charge in [-0.1, -0.05) is 13.3 Å². The van der Waals surface area contributed by atoms with Gasteiger partial charge in [0.1, 0.15) is 12.2 Å². The lowest BCUT2D eigenvalue weighted by Gasteiger charge is -2.20. The van der Waals surface area contributed by atoms with E-state index in [0.717, 1.165) is 29.9 Å². The predicted molar refractivity (Wildman–Crippen MR) is 61.2 cm³/mol. The van der Waals surface area contributed by atoms with Crippen LogP contribution in [-0.2, 0) is 25.8 Å². The third-order valence-corrected chi connectivity index (χ3v) is 2.91. The molecule has 0 radical (unpaired) electrons.